The lowest BCUT2D eigenvalue weighted by atomic mass is 10.2. The van der Waals surface area contributed by atoms with Gasteiger partial charge in [0, 0.05) is 6.42 Å². The first kappa shape index (κ1) is 14.7. The Morgan fingerprint density at radius 1 is 1.44 bits per heavy atom. The molecule has 0 aromatic carbocycles. The van der Waals surface area contributed by atoms with Crippen LogP contribution in [0, 0.1) is 6.92 Å². The van der Waals surface area contributed by atoms with E-state index in [1.807, 2.05) is 13.8 Å². The van der Waals surface area contributed by atoms with Gasteiger partial charge in [-0.25, -0.2) is 4.98 Å². The summed E-state index contributed by atoms with van der Waals surface area (Å²) in [5.41, 5.74) is 0. The molecule has 0 saturated heterocycles. The Balaban J connectivity index is 1.91. The van der Waals surface area contributed by atoms with Crippen molar-refractivity contribution in [1.29, 1.82) is 0 Å². The number of oxazole rings is 1. The molecule has 1 aromatic heterocycles. The molecule has 0 saturated carbocycles. The van der Waals surface area contributed by atoms with Crippen LogP contribution in [0.25, 0.3) is 0 Å². The Morgan fingerprint density at radius 2 is 2.28 bits per heavy atom. The number of hydrogen-bond acceptors (Lipinski definition) is 5. The zero-order valence-electron chi connectivity index (χ0n) is 11.2. The smallest absolute Gasteiger partial charge is 0.305 e. The summed E-state index contributed by atoms with van der Waals surface area (Å²) >= 11 is 0. The van der Waals surface area contributed by atoms with Crippen LogP contribution in [0.4, 0.5) is 0 Å². The monoisotopic (exact) mass is 254 g/mol. The summed E-state index contributed by atoms with van der Waals surface area (Å²) < 4.78 is 10.2. The fraction of sp³-hybridized carbons (Fsp3) is 0.692. The van der Waals surface area contributed by atoms with Gasteiger partial charge in [-0.3, -0.25) is 4.79 Å². The second kappa shape index (κ2) is 8.69. The highest BCUT2D eigenvalue weighted by Gasteiger charge is 2.01. The molecule has 0 aliphatic rings. The van der Waals surface area contributed by atoms with Crippen LogP contribution in [0.5, 0.6) is 0 Å². The number of hydrogen-bond donors (Lipinski definition) is 1. The maximum Gasteiger partial charge on any atom is 0.305 e. The van der Waals surface area contributed by atoms with Crippen LogP contribution >= 0.6 is 0 Å². The fourth-order valence-electron chi connectivity index (χ4n) is 1.61. The predicted octanol–water partition coefficient (Wildman–Crippen LogP) is 2.20. The molecule has 0 fully saturated rings. The van der Waals surface area contributed by atoms with E-state index in [1.54, 1.807) is 6.20 Å². The van der Waals surface area contributed by atoms with Crippen molar-refractivity contribution in [3.63, 3.8) is 0 Å². The van der Waals surface area contributed by atoms with Gasteiger partial charge in [-0.1, -0.05) is 6.42 Å². The van der Waals surface area contributed by atoms with E-state index in [2.05, 4.69) is 10.3 Å². The molecule has 0 atom stereocenters. The van der Waals surface area contributed by atoms with Gasteiger partial charge in [0.25, 0.3) is 0 Å². The van der Waals surface area contributed by atoms with Crippen molar-refractivity contribution >= 4 is 5.97 Å². The summed E-state index contributed by atoms with van der Waals surface area (Å²) in [5.74, 6) is 1.46. The number of nitrogens with one attached hydrogen (secondary N) is 1. The Bertz CT molecular complexity index is 350. The van der Waals surface area contributed by atoms with Gasteiger partial charge in [0.15, 0.2) is 0 Å². The first-order valence-corrected chi connectivity index (χ1v) is 6.50. The van der Waals surface area contributed by atoms with Gasteiger partial charge < -0.3 is 14.5 Å². The molecular weight excluding hydrogens is 232 g/mol. The maximum absolute atomic E-state index is 11.1. The number of carbonyl (C=O) groups excluding carboxylic acids is 1. The average molecular weight is 254 g/mol. The van der Waals surface area contributed by atoms with Crippen LogP contribution in [-0.4, -0.2) is 24.1 Å². The summed E-state index contributed by atoms with van der Waals surface area (Å²) in [6, 6.07) is 0. The molecule has 0 bridgehead atoms. The van der Waals surface area contributed by atoms with Crippen molar-refractivity contribution in [2.45, 2.75) is 46.1 Å². The standard InChI is InChI=1S/C13H22N2O3/c1-3-17-13(16)7-5-4-6-8-14-10-12-15-9-11(2)18-12/h9,14H,3-8,10H2,1-2H3. The van der Waals surface area contributed by atoms with Crippen molar-refractivity contribution in [2.24, 2.45) is 0 Å². The van der Waals surface area contributed by atoms with E-state index in [-0.39, 0.29) is 5.97 Å². The summed E-state index contributed by atoms with van der Waals surface area (Å²) in [7, 11) is 0. The molecule has 18 heavy (non-hydrogen) atoms. The zero-order chi connectivity index (χ0) is 13.2. The molecule has 0 aliphatic heterocycles. The minimum atomic E-state index is -0.0966. The van der Waals surface area contributed by atoms with Crippen molar-refractivity contribution < 1.29 is 13.9 Å². The van der Waals surface area contributed by atoms with Gasteiger partial charge in [0.1, 0.15) is 5.76 Å². The van der Waals surface area contributed by atoms with Gasteiger partial charge in [-0.15, -0.1) is 0 Å². The quantitative estimate of drug-likeness (QED) is 0.540. The van der Waals surface area contributed by atoms with E-state index in [0.717, 1.165) is 37.5 Å². The zero-order valence-corrected chi connectivity index (χ0v) is 11.2. The SMILES string of the molecule is CCOC(=O)CCCCCNCc1ncc(C)o1. The minimum absolute atomic E-state index is 0.0966. The van der Waals surface area contributed by atoms with E-state index in [1.165, 1.54) is 0 Å². The van der Waals surface area contributed by atoms with Gasteiger partial charge in [0.2, 0.25) is 5.89 Å². The van der Waals surface area contributed by atoms with Crippen molar-refractivity contribution in [3.05, 3.63) is 17.8 Å². The number of unbranched alkanes of at least 4 members (excludes halogenated alkanes) is 2. The molecule has 0 radical (unpaired) electrons. The average Bonchev–Trinajstić information content (AvgIpc) is 2.74. The number of rotatable bonds is 9. The molecule has 1 aromatic rings. The summed E-state index contributed by atoms with van der Waals surface area (Å²) in [4.78, 5) is 15.2. The molecule has 1 heterocycles. The van der Waals surface area contributed by atoms with Crippen LogP contribution in [-0.2, 0) is 16.1 Å². The van der Waals surface area contributed by atoms with Crippen LogP contribution in [0.1, 0.15) is 44.3 Å². The third kappa shape index (κ3) is 6.39. The maximum atomic E-state index is 11.1. The Labute approximate surface area is 108 Å². The number of nitrogens with zero attached hydrogens (tertiary/aromatic N) is 1. The molecule has 0 aliphatic carbocycles. The first-order chi connectivity index (χ1) is 8.72. The van der Waals surface area contributed by atoms with Crippen LogP contribution < -0.4 is 5.32 Å². The molecule has 1 rings (SSSR count). The van der Waals surface area contributed by atoms with Gasteiger partial charge in [-0.05, 0) is 33.2 Å². The van der Waals surface area contributed by atoms with Crippen molar-refractivity contribution in [1.82, 2.24) is 10.3 Å². The number of ether oxygens (including phenoxy) is 1. The minimum Gasteiger partial charge on any atom is -0.466 e. The number of aryl methyl sites for hydroxylation is 1. The topological polar surface area (TPSA) is 64.4 Å². The van der Waals surface area contributed by atoms with E-state index in [0.29, 0.717) is 19.6 Å². The second-order valence-electron chi connectivity index (χ2n) is 4.16. The summed E-state index contributed by atoms with van der Waals surface area (Å²) in [5, 5.41) is 3.26. The number of aromatic nitrogens is 1. The van der Waals surface area contributed by atoms with Crippen LogP contribution in [0.15, 0.2) is 10.6 Å². The molecular formula is C13H22N2O3. The Kier molecular flexibility index (Phi) is 7.10. The highest BCUT2D eigenvalue weighted by Crippen LogP contribution is 2.02. The normalized spacial score (nSPS) is 10.6. The van der Waals surface area contributed by atoms with Crippen LogP contribution in [0.2, 0.25) is 0 Å². The third-order valence-corrected chi connectivity index (χ3v) is 2.49. The van der Waals surface area contributed by atoms with Gasteiger partial charge in [-0.2, -0.15) is 0 Å². The molecule has 0 amide bonds. The van der Waals surface area contributed by atoms with Gasteiger partial charge in [0.05, 0.1) is 19.3 Å². The fourth-order valence-corrected chi connectivity index (χ4v) is 1.61. The van der Waals surface area contributed by atoms with Crippen LogP contribution in [0.3, 0.4) is 0 Å². The largest absolute Gasteiger partial charge is 0.466 e. The van der Waals surface area contributed by atoms with E-state index in [9.17, 15) is 4.79 Å². The van der Waals surface area contributed by atoms with E-state index in [4.69, 9.17) is 9.15 Å². The molecule has 0 spiro atoms. The second-order valence-corrected chi connectivity index (χ2v) is 4.16. The summed E-state index contributed by atoms with van der Waals surface area (Å²) in [6.07, 6.45) is 5.19. The number of esters is 1. The third-order valence-electron chi connectivity index (χ3n) is 2.49. The van der Waals surface area contributed by atoms with Crippen molar-refractivity contribution in [3.8, 4) is 0 Å². The lowest BCUT2D eigenvalue weighted by Gasteiger charge is -2.03. The molecule has 0 unspecified atom stereocenters. The summed E-state index contributed by atoms with van der Waals surface area (Å²) in [6.45, 7) is 5.74. The Morgan fingerprint density at radius 3 is 2.94 bits per heavy atom. The Hall–Kier alpha value is -1.36. The van der Waals surface area contributed by atoms with Crippen molar-refractivity contribution in [2.75, 3.05) is 13.2 Å². The lowest BCUT2D eigenvalue weighted by molar-refractivity contribution is -0.143. The molecule has 5 nitrogen and oxygen atoms in total. The number of carbonyl (C=O) groups is 1. The molecule has 102 valence electrons. The van der Waals surface area contributed by atoms with E-state index < -0.39 is 0 Å². The molecule has 1 N–H and O–H groups in total. The highest BCUT2D eigenvalue weighted by atomic mass is 16.5. The van der Waals surface area contributed by atoms with E-state index >= 15 is 0 Å². The highest BCUT2D eigenvalue weighted by molar-refractivity contribution is 5.69. The predicted molar refractivity (Wildman–Crippen MR) is 68.0 cm³/mol. The molecule has 5 heteroatoms. The first-order valence-electron chi connectivity index (χ1n) is 6.50. The lowest BCUT2D eigenvalue weighted by Crippen LogP contribution is -2.15. The van der Waals surface area contributed by atoms with Gasteiger partial charge >= 0.3 is 5.97 Å².